The lowest BCUT2D eigenvalue weighted by Crippen LogP contribution is -2.32. The van der Waals surface area contributed by atoms with Crippen molar-refractivity contribution in [3.8, 4) is 11.1 Å². The summed E-state index contributed by atoms with van der Waals surface area (Å²) in [5, 5.41) is 0. The van der Waals surface area contributed by atoms with E-state index in [9.17, 15) is 14.0 Å². The number of hydrogen-bond donors (Lipinski definition) is 2. The van der Waals surface area contributed by atoms with Crippen molar-refractivity contribution in [3.63, 3.8) is 0 Å². The SMILES string of the molecule is NC(=O)c1cccc(CN2CCc3c(-c4ccc(F)cc4)cc(C(N)=O)nc3C2)c1. The van der Waals surface area contributed by atoms with Crippen molar-refractivity contribution < 1.29 is 14.0 Å². The van der Waals surface area contributed by atoms with Crippen molar-refractivity contribution in [1.82, 2.24) is 9.88 Å². The minimum atomic E-state index is -0.604. The average molecular weight is 404 g/mol. The van der Waals surface area contributed by atoms with Gasteiger partial charge in [-0.3, -0.25) is 14.5 Å². The highest BCUT2D eigenvalue weighted by Crippen LogP contribution is 2.31. The Morgan fingerprint density at radius 2 is 1.80 bits per heavy atom. The van der Waals surface area contributed by atoms with E-state index >= 15 is 0 Å². The van der Waals surface area contributed by atoms with Gasteiger partial charge in [-0.2, -0.15) is 0 Å². The van der Waals surface area contributed by atoms with Crippen molar-refractivity contribution in [2.75, 3.05) is 6.54 Å². The summed E-state index contributed by atoms with van der Waals surface area (Å²) in [6.07, 6.45) is 0.726. The second-order valence-electron chi connectivity index (χ2n) is 7.38. The highest BCUT2D eigenvalue weighted by molar-refractivity contribution is 5.93. The first-order chi connectivity index (χ1) is 14.4. The highest BCUT2D eigenvalue weighted by atomic mass is 19.1. The largest absolute Gasteiger partial charge is 0.366 e. The van der Waals surface area contributed by atoms with Crippen molar-refractivity contribution in [3.05, 3.63) is 88.5 Å². The quantitative estimate of drug-likeness (QED) is 0.682. The van der Waals surface area contributed by atoms with Gasteiger partial charge in [0.25, 0.3) is 5.91 Å². The Kier molecular flexibility index (Phi) is 5.29. The van der Waals surface area contributed by atoms with Crippen LogP contribution < -0.4 is 11.5 Å². The maximum absolute atomic E-state index is 13.4. The zero-order valence-electron chi connectivity index (χ0n) is 16.3. The van der Waals surface area contributed by atoms with Crippen LogP contribution >= 0.6 is 0 Å². The molecule has 2 aromatic carbocycles. The molecule has 0 aliphatic carbocycles. The molecule has 152 valence electrons. The van der Waals surface area contributed by atoms with Crippen LogP contribution in [-0.2, 0) is 19.5 Å². The van der Waals surface area contributed by atoms with Crippen molar-refractivity contribution in [2.24, 2.45) is 11.5 Å². The fraction of sp³-hybridized carbons (Fsp3) is 0.174. The van der Waals surface area contributed by atoms with Gasteiger partial charge < -0.3 is 11.5 Å². The number of halogens is 1. The number of carbonyl (C=O) groups is 2. The van der Waals surface area contributed by atoms with E-state index in [1.807, 2.05) is 12.1 Å². The third-order valence-corrected chi connectivity index (χ3v) is 5.29. The average Bonchev–Trinajstić information content (AvgIpc) is 2.73. The molecule has 0 saturated heterocycles. The van der Waals surface area contributed by atoms with E-state index in [4.69, 9.17) is 11.5 Å². The zero-order chi connectivity index (χ0) is 21.3. The fourth-order valence-electron chi connectivity index (χ4n) is 3.82. The number of rotatable bonds is 5. The molecule has 30 heavy (non-hydrogen) atoms. The van der Waals surface area contributed by atoms with E-state index < -0.39 is 11.8 Å². The summed E-state index contributed by atoms with van der Waals surface area (Å²) in [5.74, 6) is -1.38. The van der Waals surface area contributed by atoms with E-state index in [1.165, 1.54) is 12.1 Å². The molecule has 6 nitrogen and oxygen atoms in total. The van der Waals surface area contributed by atoms with E-state index in [2.05, 4.69) is 9.88 Å². The van der Waals surface area contributed by atoms with Gasteiger partial charge in [0.15, 0.2) is 0 Å². The van der Waals surface area contributed by atoms with Gasteiger partial charge in [-0.25, -0.2) is 9.37 Å². The Hall–Kier alpha value is -3.58. The molecule has 0 spiro atoms. The predicted molar refractivity (Wildman–Crippen MR) is 111 cm³/mol. The molecule has 0 saturated carbocycles. The first kappa shape index (κ1) is 19.7. The summed E-state index contributed by atoms with van der Waals surface area (Å²) >= 11 is 0. The summed E-state index contributed by atoms with van der Waals surface area (Å²) < 4.78 is 13.4. The van der Waals surface area contributed by atoms with Gasteiger partial charge in [-0.1, -0.05) is 24.3 Å². The van der Waals surface area contributed by atoms with Gasteiger partial charge >= 0.3 is 0 Å². The summed E-state index contributed by atoms with van der Waals surface area (Å²) in [6, 6.07) is 15.1. The summed E-state index contributed by atoms with van der Waals surface area (Å²) in [5.41, 5.74) is 16.0. The van der Waals surface area contributed by atoms with Gasteiger partial charge in [-0.05, 0) is 59.0 Å². The Morgan fingerprint density at radius 3 is 2.50 bits per heavy atom. The molecular formula is C23H21FN4O2. The number of nitrogens with zero attached hydrogens (tertiary/aromatic N) is 2. The number of aromatic nitrogens is 1. The first-order valence-electron chi connectivity index (χ1n) is 9.60. The number of primary amides is 2. The fourth-order valence-corrected chi connectivity index (χ4v) is 3.82. The predicted octanol–water partition coefficient (Wildman–Crippen LogP) is 2.64. The van der Waals surface area contributed by atoms with E-state index in [-0.39, 0.29) is 11.5 Å². The molecule has 2 heterocycles. The Morgan fingerprint density at radius 1 is 1.03 bits per heavy atom. The van der Waals surface area contributed by atoms with Gasteiger partial charge in [-0.15, -0.1) is 0 Å². The maximum atomic E-state index is 13.4. The van der Waals surface area contributed by atoms with Crippen LogP contribution in [0.2, 0.25) is 0 Å². The third-order valence-electron chi connectivity index (χ3n) is 5.29. The van der Waals surface area contributed by atoms with Gasteiger partial charge in [0.2, 0.25) is 5.91 Å². The molecule has 4 N–H and O–H groups in total. The highest BCUT2D eigenvalue weighted by Gasteiger charge is 2.23. The second-order valence-corrected chi connectivity index (χ2v) is 7.38. The van der Waals surface area contributed by atoms with Gasteiger partial charge in [0, 0.05) is 25.2 Å². The second kappa shape index (κ2) is 8.04. The Balaban J connectivity index is 1.66. The van der Waals surface area contributed by atoms with Crippen LogP contribution in [0, 0.1) is 5.82 Å². The molecule has 1 aliphatic rings. The van der Waals surface area contributed by atoms with Crippen molar-refractivity contribution >= 4 is 11.8 Å². The number of fused-ring (bicyclic) bond motifs is 1. The monoisotopic (exact) mass is 404 g/mol. The van der Waals surface area contributed by atoms with E-state index in [0.717, 1.165) is 40.9 Å². The minimum Gasteiger partial charge on any atom is -0.366 e. The topological polar surface area (TPSA) is 102 Å². The number of benzene rings is 2. The smallest absolute Gasteiger partial charge is 0.267 e. The number of carbonyl (C=O) groups excluding carboxylic acids is 2. The van der Waals surface area contributed by atoms with Crippen LogP contribution in [-0.4, -0.2) is 28.2 Å². The standard InChI is InChI=1S/C23H21FN4O2/c24-17-6-4-15(5-7-17)19-11-20(23(26)30)27-21-13-28(9-8-18(19)21)12-14-2-1-3-16(10-14)22(25)29/h1-7,10-11H,8-9,12-13H2,(H2,25,29)(H2,26,30). The molecule has 0 atom stereocenters. The van der Waals surface area contributed by atoms with Crippen LogP contribution in [0.1, 0.15) is 37.7 Å². The summed E-state index contributed by atoms with van der Waals surface area (Å²) in [6.45, 7) is 1.93. The normalized spacial score (nSPS) is 13.6. The van der Waals surface area contributed by atoms with Gasteiger partial charge in [0.1, 0.15) is 11.5 Å². The molecule has 0 fully saturated rings. The summed E-state index contributed by atoms with van der Waals surface area (Å²) in [7, 11) is 0. The van der Waals surface area contributed by atoms with Crippen molar-refractivity contribution in [1.29, 1.82) is 0 Å². The lowest BCUT2D eigenvalue weighted by molar-refractivity contribution is 0.0989. The lowest BCUT2D eigenvalue weighted by atomic mass is 9.93. The molecule has 0 bridgehead atoms. The van der Waals surface area contributed by atoms with Crippen molar-refractivity contribution in [2.45, 2.75) is 19.5 Å². The molecule has 0 unspecified atom stereocenters. The molecular weight excluding hydrogens is 383 g/mol. The minimum absolute atomic E-state index is 0.186. The summed E-state index contributed by atoms with van der Waals surface area (Å²) in [4.78, 5) is 30.0. The third kappa shape index (κ3) is 4.06. The number of amides is 2. The van der Waals surface area contributed by atoms with Crippen LogP contribution in [0.4, 0.5) is 4.39 Å². The molecule has 2 amide bonds. The Bertz CT molecular complexity index is 1130. The van der Waals surface area contributed by atoms with Gasteiger partial charge in [0.05, 0.1) is 5.69 Å². The molecule has 1 aromatic heterocycles. The van der Waals surface area contributed by atoms with Crippen LogP contribution in [0.3, 0.4) is 0 Å². The molecule has 3 aromatic rings. The number of pyridine rings is 1. The van der Waals surface area contributed by atoms with Crippen LogP contribution in [0.5, 0.6) is 0 Å². The molecule has 0 radical (unpaired) electrons. The number of hydrogen-bond acceptors (Lipinski definition) is 4. The van der Waals surface area contributed by atoms with E-state index in [1.54, 1.807) is 30.3 Å². The molecule has 1 aliphatic heterocycles. The molecule has 7 heteroatoms. The van der Waals surface area contributed by atoms with Crippen LogP contribution in [0.25, 0.3) is 11.1 Å². The molecule has 4 rings (SSSR count). The maximum Gasteiger partial charge on any atom is 0.267 e. The lowest BCUT2D eigenvalue weighted by Gasteiger charge is -2.30. The zero-order valence-corrected chi connectivity index (χ0v) is 16.3. The number of nitrogens with two attached hydrogens (primary N) is 2. The van der Waals surface area contributed by atoms with Crippen LogP contribution in [0.15, 0.2) is 54.6 Å². The first-order valence-corrected chi connectivity index (χ1v) is 9.60. The van der Waals surface area contributed by atoms with E-state index in [0.29, 0.717) is 18.7 Å². The Labute approximate surface area is 173 Å².